The van der Waals surface area contributed by atoms with E-state index in [0.29, 0.717) is 0 Å². The summed E-state index contributed by atoms with van der Waals surface area (Å²) in [5, 5.41) is 4.39. The minimum absolute atomic E-state index is 0.326. The lowest BCUT2D eigenvalue weighted by atomic mass is 9.93. The molecule has 1 heterocycles. The minimum atomic E-state index is -0.326. The topological polar surface area (TPSA) is 56.7 Å². The van der Waals surface area contributed by atoms with E-state index in [1.54, 1.807) is 0 Å². The van der Waals surface area contributed by atoms with Crippen LogP contribution in [0.3, 0.4) is 0 Å². The fraction of sp³-hybridized carbons (Fsp3) is 0.818. The van der Waals surface area contributed by atoms with Gasteiger partial charge in [0.15, 0.2) is 5.82 Å². The van der Waals surface area contributed by atoms with Crippen molar-refractivity contribution in [3.8, 4) is 0 Å². The lowest BCUT2D eigenvalue weighted by Gasteiger charge is -2.24. The monoisotopic (exact) mass is 210 g/mol. The molecule has 0 aliphatic rings. The van der Waals surface area contributed by atoms with E-state index in [1.165, 1.54) is 0 Å². The van der Waals surface area contributed by atoms with Gasteiger partial charge < -0.3 is 5.73 Å². The third-order valence-electron chi connectivity index (χ3n) is 2.99. The van der Waals surface area contributed by atoms with Crippen LogP contribution in [-0.4, -0.2) is 14.8 Å². The molecule has 86 valence electrons. The summed E-state index contributed by atoms with van der Waals surface area (Å²) in [7, 11) is 1.93. The molecule has 4 heteroatoms. The zero-order valence-corrected chi connectivity index (χ0v) is 10.2. The lowest BCUT2D eigenvalue weighted by molar-refractivity contribution is 0.370. The van der Waals surface area contributed by atoms with Crippen molar-refractivity contribution < 1.29 is 0 Å². The first-order valence-corrected chi connectivity index (χ1v) is 5.76. The molecular weight excluding hydrogens is 188 g/mol. The zero-order chi connectivity index (χ0) is 11.5. The predicted molar refractivity (Wildman–Crippen MR) is 61.4 cm³/mol. The SMILES string of the molecule is CCCc1nc(C(N)(CC)CC)n(C)n1. The molecule has 0 fully saturated rings. The highest BCUT2D eigenvalue weighted by Crippen LogP contribution is 2.23. The first kappa shape index (κ1) is 12.2. The first-order chi connectivity index (χ1) is 7.07. The maximum absolute atomic E-state index is 6.30. The maximum atomic E-state index is 6.30. The quantitative estimate of drug-likeness (QED) is 0.805. The summed E-state index contributed by atoms with van der Waals surface area (Å²) >= 11 is 0. The van der Waals surface area contributed by atoms with E-state index in [-0.39, 0.29) is 5.54 Å². The van der Waals surface area contributed by atoms with Crippen LogP contribution in [0.1, 0.15) is 51.7 Å². The van der Waals surface area contributed by atoms with Gasteiger partial charge in [0.25, 0.3) is 0 Å². The smallest absolute Gasteiger partial charge is 0.151 e. The molecule has 0 aliphatic carbocycles. The first-order valence-electron chi connectivity index (χ1n) is 5.76. The molecule has 0 aromatic carbocycles. The number of hydrogen-bond donors (Lipinski definition) is 1. The fourth-order valence-electron chi connectivity index (χ4n) is 1.77. The Morgan fingerprint density at radius 1 is 1.27 bits per heavy atom. The number of nitrogens with two attached hydrogens (primary N) is 1. The van der Waals surface area contributed by atoms with Crippen molar-refractivity contribution in [2.45, 2.75) is 52.0 Å². The van der Waals surface area contributed by atoms with E-state index >= 15 is 0 Å². The Bertz CT molecular complexity index is 312. The summed E-state index contributed by atoms with van der Waals surface area (Å²) < 4.78 is 1.83. The van der Waals surface area contributed by atoms with Gasteiger partial charge in [-0.25, -0.2) is 4.98 Å². The molecule has 0 unspecified atom stereocenters. The van der Waals surface area contributed by atoms with Crippen molar-refractivity contribution in [1.29, 1.82) is 0 Å². The number of rotatable bonds is 5. The number of aromatic nitrogens is 3. The third kappa shape index (κ3) is 2.37. The van der Waals surface area contributed by atoms with Crippen molar-refractivity contribution in [3.05, 3.63) is 11.6 Å². The Kier molecular flexibility index (Phi) is 3.85. The molecule has 0 atom stereocenters. The highest BCUT2D eigenvalue weighted by Gasteiger charge is 2.28. The number of aryl methyl sites for hydroxylation is 2. The normalized spacial score (nSPS) is 12.1. The number of hydrogen-bond acceptors (Lipinski definition) is 3. The third-order valence-corrected chi connectivity index (χ3v) is 2.99. The van der Waals surface area contributed by atoms with Gasteiger partial charge in [-0.1, -0.05) is 20.8 Å². The number of nitrogens with zero attached hydrogens (tertiary/aromatic N) is 3. The van der Waals surface area contributed by atoms with Crippen LogP contribution in [0.2, 0.25) is 0 Å². The van der Waals surface area contributed by atoms with Crippen molar-refractivity contribution in [1.82, 2.24) is 14.8 Å². The van der Waals surface area contributed by atoms with E-state index in [4.69, 9.17) is 5.73 Å². The van der Waals surface area contributed by atoms with Gasteiger partial charge >= 0.3 is 0 Å². The van der Waals surface area contributed by atoms with Crippen LogP contribution in [-0.2, 0) is 19.0 Å². The molecule has 4 nitrogen and oxygen atoms in total. The molecule has 0 spiro atoms. The zero-order valence-electron chi connectivity index (χ0n) is 10.2. The molecule has 0 radical (unpaired) electrons. The average molecular weight is 210 g/mol. The second kappa shape index (κ2) is 4.75. The molecule has 0 saturated carbocycles. The molecular formula is C11H22N4. The van der Waals surface area contributed by atoms with Gasteiger partial charge in [-0.2, -0.15) is 5.10 Å². The van der Waals surface area contributed by atoms with E-state index in [1.807, 2.05) is 11.7 Å². The Morgan fingerprint density at radius 2 is 1.87 bits per heavy atom. The van der Waals surface area contributed by atoms with Crippen LogP contribution >= 0.6 is 0 Å². The van der Waals surface area contributed by atoms with Crippen molar-refractivity contribution >= 4 is 0 Å². The van der Waals surface area contributed by atoms with Gasteiger partial charge in [0, 0.05) is 13.5 Å². The van der Waals surface area contributed by atoms with Crippen LogP contribution in [0.25, 0.3) is 0 Å². The van der Waals surface area contributed by atoms with Gasteiger partial charge in [0.05, 0.1) is 5.54 Å². The molecule has 0 saturated heterocycles. The molecule has 2 N–H and O–H groups in total. The highest BCUT2D eigenvalue weighted by atomic mass is 15.3. The minimum Gasteiger partial charge on any atom is -0.319 e. The van der Waals surface area contributed by atoms with Crippen LogP contribution in [0.15, 0.2) is 0 Å². The Morgan fingerprint density at radius 3 is 2.33 bits per heavy atom. The second-order valence-corrected chi connectivity index (χ2v) is 4.09. The van der Waals surface area contributed by atoms with Crippen LogP contribution in [0.4, 0.5) is 0 Å². The summed E-state index contributed by atoms with van der Waals surface area (Å²) in [5.41, 5.74) is 5.98. The molecule has 0 amide bonds. The van der Waals surface area contributed by atoms with Gasteiger partial charge in [-0.05, 0) is 19.3 Å². The maximum Gasteiger partial charge on any atom is 0.151 e. The molecule has 0 aliphatic heterocycles. The average Bonchev–Trinajstić information content (AvgIpc) is 2.60. The fourth-order valence-corrected chi connectivity index (χ4v) is 1.77. The Labute approximate surface area is 91.9 Å². The van der Waals surface area contributed by atoms with Crippen LogP contribution in [0.5, 0.6) is 0 Å². The lowest BCUT2D eigenvalue weighted by Crippen LogP contribution is -2.38. The summed E-state index contributed by atoms with van der Waals surface area (Å²) in [6.07, 6.45) is 3.78. The van der Waals surface area contributed by atoms with Crippen LogP contribution in [0, 0.1) is 0 Å². The van der Waals surface area contributed by atoms with Gasteiger partial charge in [-0.3, -0.25) is 4.68 Å². The summed E-state index contributed by atoms with van der Waals surface area (Å²) in [6, 6.07) is 0. The Hall–Kier alpha value is -0.900. The van der Waals surface area contributed by atoms with Crippen molar-refractivity contribution in [2.24, 2.45) is 12.8 Å². The van der Waals surface area contributed by atoms with Crippen molar-refractivity contribution in [3.63, 3.8) is 0 Å². The standard InChI is InChI=1S/C11H22N4/c1-5-8-9-13-10(15(4)14-9)11(12,6-2)7-3/h5-8,12H2,1-4H3. The molecule has 1 aromatic heterocycles. The second-order valence-electron chi connectivity index (χ2n) is 4.09. The summed E-state index contributed by atoms with van der Waals surface area (Å²) in [5.74, 6) is 1.82. The highest BCUT2D eigenvalue weighted by molar-refractivity contribution is 5.06. The molecule has 15 heavy (non-hydrogen) atoms. The molecule has 0 bridgehead atoms. The van der Waals surface area contributed by atoms with Crippen LogP contribution < -0.4 is 5.73 Å². The molecule has 1 rings (SSSR count). The van der Waals surface area contributed by atoms with Gasteiger partial charge in [0.2, 0.25) is 0 Å². The van der Waals surface area contributed by atoms with E-state index in [2.05, 4.69) is 30.9 Å². The predicted octanol–water partition coefficient (Wildman–Crippen LogP) is 1.74. The molecule has 1 aromatic rings. The van der Waals surface area contributed by atoms with Crippen molar-refractivity contribution in [2.75, 3.05) is 0 Å². The van der Waals surface area contributed by atoms with Gasteiger partial charge in [0.1, 0.15) is 5.82 Å². The van der Waals surface area contributed by atoms with Gasteiger partial charge in [-0.15, -0.1) is 0 Å². The van der Waals surface area contributed by atoms with E-state index in [0.717, 1.165) is 37.3 Å². The largest absolute Gasteiger partial charge is 0.319 e. The summed E-state index contributed by atoms with van der Waals surface area (Å²) in [6.45, 7) is 6.32. The Balaban J connectivity index is 3.02. The van der Waals surface area contributed by atoms with E-state index < -0.39 is 0 Å². The summed E-state index contributed by atoms with van der Waals surface area (Å²) in [4.78, 5) is 4.54. The van der Waals surface area contributed by atoms with E-state index in [9.17, 15) is 0 Å².